The lowest BCUT2D eigenvalue weighted by Gasteiger charge is -2.10. The second-order valence-corrected chi connectivity index (χ2v) is 4.16. The standard InChI is InChI=1S/C15H12FN3/c16-13-8-4-7-12(15(13)17)14-9-10-18-19(14)11-5-2-1-3-6-11/h1-10H,17H2. The lowest BCUT2D eigenvalue weighted by atomic mass is 10.1. The zero-order valence-electron chi connectivity index (χ0n) is 10.1. The van der Waals surface area contributed by atoms with E-state index in [9.17, 15) is 4.39 Å². The Hall–Kier alpha value is -2.62. The SMILES string of the molecule is Nc1c(F)cccc1-c1ccnn1-c1ccccc1. The Balaban J connectivity index is 2.18. The summed E-state index contributed by atoms with van der Waals surface area (Å²) in [5, 5.41) is 4.27. The average Bonchev–Trinajstić information content (AvgIpc) is 2.92. The summed E-state index contributed by atoms with van der Waals surface area (Å²) in [5.74, 6) is -0.418. The first kappa shape index (κ1) is 11.5. The molecule has 0 aliphatic heterocycles. The van der Waals surface area contributed by atoms with Crippen LogP contribution < -0.4 is 5.73 Å². The van der Waals surface area contributed by atoms with Crippen molar-refractivity contribution in [1.82, 2.24) is 9.78 Å². The van der Waals surface area contributed by atoms with Gasteiger partial charge in [-0.05, 0) is 24.3 Å². The molecule has 0 radical (unpaired) electrons. The predicted octanol–water partition coefficient (Wildman–Crippen LogP) is 3.26. The predicted molar refractivity (Wildman–Crippen MR) is 73.4 cm³/mol. The first-order valence-electron chi connectivity index (χ1n) is 5.91. The average molecular weight is 253 g/mol. The van der Waals surface area contributed by atoms with Crippen molar-refractivity contribution in [3.63, 3.8) is 0 Å². The molecule has 0 saturated carbocycles. The zero-order valence-corrected chi connectivity index (χ0v) is 10.1. The summed E-state index contributed by atoms with van der Waals surface area (Å²) < 4.78 is 15.3. The third-order valence-electron chi connectivity index (χ3n) is 2.97. The molecule has 0 saturated heterocycles. The van der Waals surface area contributed by atoms with Gasteiger partial charge in [0.05, 0.1) is 23.3 Å². The first-order chi connectivity index (χ1) is 9.27. The second kappa shape index (κ2) is 4.57. The Morgan fingerprint density at radius 2 is 1.74 bits per heavy atom. The van der Waals surface area contributed by atoms with Crippen molar-refractivity contribution in [3.8, 4) is 16.9 Å². The molecule has 19 heavy (non-hydrogen) atoms. The van der Waals surface area contributed by atoms with Gasteiger partial charge in [0, 0.05) is 5.56 Å². The third kappa shape index (κ3) is 1.97. The third-order valence-corrected chi connectivity index (χ3v) is 2.97. The van der Waals surface area contributed by atoms with Crippen LogP contribution in [0.2, 0.25) is 0 Å². The van der Waals surface area contributed by atoms with Crippen LogP contribution in [0, 0.1) is 5.82 Å². The van der Waals surface area contributed by atoms with E-state index in [1.807, 2.05) is 36.4 Å². The molecule has 2 N–H and O–H groups in total. The molecule has 0 bridgehead atoms. The van der Waals surface area contributed by atoms with Gasteiger partial charge in [-0.25, -0.2) is 9.07 Å². The monoisotopic (exact) mass is 253 g/mol. The van der Waals surface area contributed by atoms with Gasteiger partial charge in [-0.1, -0.05) is 30.3 Å². The molecule has 94 valence electrons. The molecule has 0 unspecified atom stereocenters. The summed E-state index contributed by atoms with van der Waals surface area (Å²) >= 11 is 0. The number of benzene rings is 2. The molecule has 2 aromatic carbocycles. The van der Waals surface area contributed by atoms with Crippen molar-refractivity contribution >= 4 is 5.69 Å². The maximum Gasteiger partial charge on any atom is 0.146 e. The Labute approximate surface area is 110 Å². The van der Waals surface area contributed by atoms with Crippen LogP contribution in [0.3, 0.4) is 0 Å². The van der Waals surface area contributed by atoms with Crippen molar-refractivity contribution in [2.45, 2.75) is 0 Å². The van der Waals surface area contributed by atoms with Crippen LogP contribution in [-0.2, 0) is 0 Å². The van der Waals surface area contributed by atoms with E-state index in [1.165, 1.54) is 6.07 Å². The number of nitrogens with zero attached hydrogens (tertiary/aromatic N) is 2. The van der Waals surface area contributed by atoms with Crippen LogP contribution in [0.15, 0.2) is 60.8 Å². The number of nitrogen functional groups attached to an aromatic ring is 1. The molecule has 3 rings (SSSR count). The van der Waals surface area contributed by atoms with Crippen LogP contribution in [0.25, 0.3) is 16.9 Å². The molecule has 0 spiro atoms. The maximum absolute atomic E-state index is 13.6. The van der Waals surface area contributed by atoms with Gasteiger partial charge in [-0.15, -0.1) is 0 Å². The van der Waals surface area contributed by atoms with E-state index in [-0.39, 0.29) is 5.69 Å². The van der Waals surface area contributed by atoms with Gasteiger partial charge in [0.1, 0.15) is 5.82 Å². The van der Waals surface area contributed by atoms with Gasteiger partial charge in [-0.2, -0.15) is 5.10 Å². The second-order valence-electron chi connectivity index (χ2n) is 4.16. The maximum atomic E-state index is 13.6. The van der Waals surface area contributed by atoms with Gasteiger partial charge in [0.15, 0.2) is 0 Å². The minimum Gasteiger partial charge on any atom is -0.396 e. The van der Waals surface area contributed by atoms with Crippen molar-refractivity contribution < 1.29 is 4.39 Å². The number of anilines is 1. The molecule has 4 heteroatoms. The van der Waals surface area contributed by atoms with E-state index in [0.717, 1.165) is 11.4 Å². The molecule has 0 aliphatic rings. The van der Waals surface area contributed by atoms with Crippen LogP contribution >= 0.6 is 0 Å². The molecule has 3 nitrogen and oxygen atoms in total. The van der Waals surface area contributed by atoms with E-state index >= 15 is 0 Å². The van der Waals surface area contributed by atoms with Crippen molar-refractivity contribution in [2.75, 3.05) is 5.73 Å². The molecule has 1 aromatic heterocycles. The van der Waals surface area contributed by atoms with E-state index < -0.39 is 5.82 Å². The normalized spacial score (nSPS) is 10.6. The number of aromatic nitrogens is 2. The summed E-state index contributed by atoms with van der Waals surface area (Å²) in [7, 11) is 0. The zero-order chi connectivity index (χ0) is 13.2. The summed E-state index contributed by atoms with van der Waals surface area (Å²) in [5.41, 5.74) is 8.26. The highest BCUT2D eigenvalue weighted by molar-refractivity contribution is 5.75. The van der Waals surface area contributed by atoms with Crippen molar-refractivity contribution in [1.29, 1.82) is 0 Å². The Bertz CT molecular complexity index is 704. The molecular weight excluding hydrogens is 241 g/mol. The lowest BCUT2D eigenvalue weighted by molar-refractivity contribution is 0.633. The Kier molecular flexibility index (Phi) is 2.76. The minimum absolute atomic E-state index is 0.139. The largest absolute Gasteiger partial charge is 0.396 e. The van der Waals surface area contributed by atoms with Crippen LogP contribution in [0.4, 0.5) is 10.1 Å². The van der Waals surface area contributed by atoms with Gasteiger partial charge in [0.2, 0.25) is 0 Å². The quantitative estimate of drug-likeness (QED) is 0.712. The molecule has 0 amide bonds. The fourth-order valence-corrected chi connectivity index (χ4v) is 2.04. The highest BCUT2D eigenvalue weighted by Crippen LogP contribution is 2.29. The van der Waals surface area contributed by atoms with Crippen molar-refractivity contribution in [3.05, 3.63) is 66.6 Å². The van der Waals surface area contributed by atoms with Gasteiger partial charge in [-0.3, -0.25) is 0 Å². The molecule has 3 aromatic rings. The minimum atomic E-state index is -0.418. The number of para-hydroxylation sites is 2. The number of hydrogen-bond acceptors (Lipinski definition) is 2. The molecule has 0 atom stereocenters. The smallest absolute Gasteiger partial charge is 0.146 e. The molecule has 0 fully saturated rings. The van der Waals surface area contributed by atoms with E-state index in [4.69, 9.17) is 5.73 Å². The van der Waals surface area contributed by atoms with Gasteiger partial charge < -0.3 is 5.73 Å². The fraction of sp³-hybridized carbons (Fsp3) is 0. The summed E-state index contributed by atoms with van der Waals surface area (Å²) in [6, 6.07) is 16.3. The summed E-state index contributed by atoms with van der Waals surface area (Å²) in [4.78, 5) is 0. The number of halogens is 1. The van der Waals surface area contributed by atoms with E-state index in [2.05, 4.69) is 5.10 Å². The Morgan fingerprint density at radius 1 is 0.947 bits per heavy atom. The van der Waals surface area contributed by atoms with Gasteiger partial charge in [0.25, 0.3) is 0 Å². The van der Waals surface area contributed by atoms with E-state index in [0.29, 0.717) is 5.56 Å². The lowest BCUT2D eigenvalue weighted by Crippen LogP contribution is -2.01. The van der Waals surface area contributed by atoms with Gasteiger partial charge >= 0.3 is 0 Å². The number of nitrogens with two attached hydrogens (primary N) is 1. The van der Waals surface area contributed by atoms with E-state index in [1.54, 1.807) is 23.0 Å². The van der Waals surface area contributed by atoms with Crippen LogP contribution in [-0.4, -0.2) is 9.78 Å². The molecule has 0 aliphatic carbocycles. The van der Waals surface area contributed by atoms with Crippen LogP contribution in [0.5, 0.6) is 0 Å². The highest BCUT2D eigenvalue weighted by atomic mass is 19.1. The number of rotatable bonds is 2. The highest BCUT2D eigenvalue weighted by Gasteiger charge is 2.12. The fourth-order valence-electron chi connectivity index (χ4n) is 2.04. The topological polar surface area (TPSA) is 43.8 Å². The summed E-state index contributed by atoms with van der Waals surface area (Å²) in [6.07, 6.45) is 1.67. The van der Waals surface area contributed by atoms with Crippen molar-refractivity contribution in [2.24, 2.45) is 0 Å². The molecular formula is C15H12FN3. The first-order valence-corrected chi connectivity index (χ1v) is 5.91. The summed E-state index contributed by atoms with van der Waals surface area (Å²) in [6.45, 7) is 0. The van der Waals surface area contributed by atoms with Crippen LogP contribution in [0.1, 0.15) is 0 Å². The molecule has 1 heterocycles. The number of hydrogen-bond donors (Lipinski definition) is 1. The Morgan fingerprint density at radius 3 is 2.53 bits per heavy atom.